The number of H-pyrrole nitrogens is 1. The van der Waals surface area contributed by atoms with Crippen molar-refractivity contribution in [2.24, 2.45) is 10.2 Å². The Kier molecular flexibility index (Phi) is 5.28. The van der Waals surface area contributed by atoms with Gasteiger partial charge < -0.3 is 10.1 Å². The van der Waals surface area contributed by atoms with Crippen LogP contribution in [0.1, 0.15) is 5.56 Å². The number of aromatic hydroxyl groups is 1. The molecule has 0 saturated heterocycles. The number of nitrogens with one attached hydrogen (secondary N) is 1. The van der Waals surface area contributed by atoms with Crippen LogP contribution in [0.5, 0.6) is 5.88 Å². The number of para-hydroxylation sites is 1. The molecule has 0 saturated carbocycles. The fraction of sp³-hybridized carbons (Fsp3) is 0.118. The maximum atomic E-state index is 11.9. The van der Waals surface area contributed by atoms with Crippen molar-refractivity contribution in [3.63, 3.8) is 0 Å². The van der Waals surface area contributed by atoms with Crippen LogP contribution >= 0.6 is 11.8 Å². The number of rotatable bonds is 6. The first-order valence-corrected chi connectivity index (χ1v) is 8.75. The molecule has 1 aromatic heterocycles. The van der Waals surface area contributed by atoms with E-state index in [1.54, 1.807) is 30.3 Å². The van der Waals surface area contributed by atoms with Gasteiger partial charge in [-0.05, 0) is 11.6 Å². The lowest BCUT2D eigenvalue weighted by atomic mass is 10.2. The van der Waals surface area contributed by atoms with Crippen molar-refractivity contribution in [1.29, 1.82) is 0 Å². The highest BCUT2D eigenvalue weighted by atomic mass is 32.2. The highest BCUT2D eigenvalue weighted by molar-refractivity contribution is 7.99. The van der Waals surface area contributed by atoms with E-state index in [-0.39, 0.29) is 23.0 Å². The van der Waals surface area contributed by atoms with Crippen LogP contribution in [0, 0.1) is 10.1 Å². The van der Waals surface area contributed by atoms with E-state index < -0.39 is 10.8 Å². The van der Waals surface area contributed by atoms with E-state index in [0.29, 0.717) is 16.7 Å². The van der Waals surface area contributed by atoms with Gasteiger partial charge in [0.15, 0.2) is 5.69 Å². The average Bonchev–Trinajstić information content (AvgIpc) is 2.95. The summed E-state index contributed by atoms with van der Waals surface area (Å²) >= 11 is 1.33. The normalized spacial score (nSPS) is 11.2. The zero-order valence-corrected chi connectivity index (χ0v) is 14.3. The van der Waals surface area contributed by atoms with Gasteiger partial charge in [0.25, 0.3) is 11.6 Å². The van der Waals surface area contributed by atoms with Gasteiger partial charge in [-0.15, -0.1) is 22.0 Å². The van der Waals surface area contributed by atoms with Crippen molar-refractivity contribution in [2.45, 2.75) is 5.75 Å². The van der Waals surface area contributed by atoms with E-state index in [0.717, 1.165) is 5.56 Å². The Hall–Kier alpha value is -3.20. The quantitative estimate of drug-likeness (QED) is 0.380. The Bertz CT molecular complexity index is 982. The molecule has 0 radical (unpaired) electrons. The number of fused-ring (bicyclic) bond motifs is 1. The van der Waals surface area contributed by atoms with Gasteiger partial charge >= 0.3 is 0 Å². The van der Waals surface area contributed by atoms with Crippen LogP contribution in [0.3, 0.4) is 0 Å². The summed E-state index contributed by atoms with van der Waals surface area (Å²) in [5, 5.41) is 28.6. The molecule has 26 heavy (non-hydrogen) atoms. The first-order chi connectivity index (χ1) is 12.5. The van der Waals surface area contributed by atoms with Gasteiger partial charge in [-0.2, -0.15) is 0 Å². The summed E-state index contributed by atoms with van der Waals surface area (Å²) < 4.78 is 0. The predicted octanol–water partition coefficient (Wildman–Crippen LogP) is 4.33. The number of nitro benzene ring substituents is 1. The van der Waals surface area contributed by atoms with Gasteiger partial charge in [0, 0.05) is 23.3 Å². The molecule has 0 atom stereocenters. The number of hydrogen-bond donors (Lipinski definition) is 2. The number of aromatic nitrogens is 1. The molecule has 0 fully saturated rings. The largest absolute Gasteiger partial charge is 0.493 e. The summed E-state index contributed by atoms with van der Waals surface area (Å²) in [6.07, 6.45) is 0. The number of hydrogen-bond acceptors (Lipinski definition) is 6. The van der Waals surface area contributed by atoms with Crippen molar-refractivity contribution in [2.75, 3.05) is 5.75 Å². The molecular weight excluding hydrogens is 356 g/mol. The van der Waals surface area contributed by atoms with Crippen LogP contribution in [0.25, 0.3) is 10.9 Å². The second-order valence-electron chi connectivity index (χ2n) is 5.38. The molecule has 132 valence electrons. The van der Waals surface area contributed by atoms with Gasteiger partial charge in [0.05, 0.1) is 16.2 Å². The Labute approximate surface area is 152 Å². The Morgan fingerprint density at radius 3 is 2.65 bits per heavy atom. The van der Waals surface area contributed by atoms with Crippen molar-refractivity contribution in [3.05, 3.63) is 64.2 Å². The summed E-state index contributed by atoms with van der Waals surface area (Å²) in [5.74, 6) is 0.0733. The number of benzene rings is 2. The first-order valence-electron chi connectivity index (χ1n) is 7.60. The predicted molar refractivity (Wildman–Crippen MR) is 98.7 cm³/mol. The Morgan fingerprint density at radius 2 is 1.92 bits per heavy atom. The molecule has 1 heterocycles. The summed E-state index contributed by atoms with van der Waals surface area (Å²) in [5.41, 5.74) is 1.84. The van der Waals surface area contributed by atoms with Crippen molar-refractivity contribution in [3.8, 4) is 5.88 Å². The number of carbonyl (C=O) groups is 1. The number of carbonyl (C=O) groups excluding carboxylic acids is 1. The Balaban J connectivity index is 1.56. The lowest BCUT2D eigenvalue weighted by Gasteiger charge is -1.99. The molecule has 1 amide bonds. The molecular formula is C17H14N4O4S. The maximum absolute atomic E-state index is 11.9. The van der Waals surface area contributed by atoms with Gasteiger partial charge in [-0.1, -0.05) is 30.3 Å². The first kappa shape index (κ1) is 17.6. The van der Waals surface area contributed by atoms with Crippen LogP contribution in [-0.4, -0.2) is 26.7 Å². The van der Waals surface area contributed by atoms with Crippen LogP contribution in [-0.2, 0) is 10.5 Å². The minimum Gasteiger partial charge on any atom is -0.493 e. The fourth-order valence-corrected chi connectivity index (χ4v) is 3.08. The standard InChI is InChI=1S/C17H14N4O4S/c22-15(10-26-9-11-5-7-12(8-6-11)21(24)25)19-20-16-13-3-1-2-4-14(13)18-17(16)23/h1-8,18,23H,9-10H2. The molecule has 2 aromatic carbocycles. The number of azo groups is 1. The second-order valence-corrected chi connectivity index (χ2v) is 6.36. The molecule has 0 aliphatic rings. The number of nitro groups is 1. The van der Waals surface area contributed by atoms with E-state index in [9.17, 15) is 20.0 Å². The molecule has 9 heteroatoms. The summed E-state index contributed by atoms with van der Waals surface area (Å²) in [4.78, 5) is 24.8. The molecule has 0 bridgehead atoms. The molecule has 3 rings (SSSR count). The summed E-state index contributed by atoms with van der Waals surface area (Å²) in [7, 11) is 0. The van der Waals surface area contributed by atoms with Crippen molar-refractivity contribution < 1.29 is 14.8 Å². The number of nitrogens with zero attached hydrogens (tertiary/aromatic N) is 3. The van der Waals surface area contributed by atoms with Crippen LogP contribution in [0.4, 0.5) is 11.4 Å². The fourth-order valence-electron chi connectivity index (χ4n) is 2.32. The van der Waals surface area contributed by atoms with E-state index in [1.807, 2.05) is 6.07 Å². The molecule has 0 aliphatic heterocycles. The SMILES string of the molecule is O=C(CSCc1ccc([N+](=O)[O-])cc1)N=Nc1c(O)[nH]c2ccccc12. The molecule has 2 N–H and O–H groups in total. The topological polar surface area (TPSA) is 121 Å². The molecule has 0 spiro atoms. The van der Waals surface area contributed by atoms with Gasteiger partial charge in [-0.3, -0.25) is 14.9 Å². The van der Waals surface area contributed by atoms with E-state index in [2.05, 4.69) is 15.2 Å². The lowest BCUT2D eigenvalue weighted by Crippen LogP contribution is -1.96. The van der Waals surface area contributed by atoms with Crippen LogP contribution < -0.4 is 0 Å². The number of aromatic amines is 1. The highest BCUT2D eigenvalue weighted by Gasteiger charge is 2.10. The van der Waals surface area contributed by atoms with E-state index >= 15 is 0 Å². The minimum atomic E-state index is -0.457. The molecule has 8 nitrogen and oxygen atoms in total. The highest BCUT2D eigenvalue weighted by Crippen LogP contribution is 2.35. The molecule has 0 aliphatic carbocycles. The third kappa shape index (κ3) is 4.06. The third-order valence-electron chi connectivity index (χ3n) is 3.56. The van der Waals surface area contributed by atoms with Gasteiger partial charge in [0.1, 0.15) is 0 Å². The number of non-ortho nitro benzene ring substituents is 1. The smallest absolute Gasteiger partial charge is 0.274 e. The monoisotopic (exact) mass is 370 g/mol. The third-order valence-corrected chi connectivity index (χ3v) is 4.55. The van der Waals surface area contributed by atoms with E-state index in [1.165, 1.54) is 23.9 Å². The number of thioether (sulfide) groups is 1. The lowest BCUT2D eigenvalue weighted by molar-refractivity contribution is -0.384. The second kappa shape index (κ2) is 7.79. The van der Waals surface area contributed by atoms with Crippen molar-refractivity contribution in [1.82, 2.24) is 4.98 Å². The molecule has 3 aromatic rings. The van der Waals surface area contributed by atoms with Gasteiger partial charge in [0.2, 0.25) is 5.88 Å². The molecule has 0 unspecified atom stereocenters. The van der Waals surface area contributed by atoms with Crippen LogP contribution in [0.15, 0.2) is 58.8 Å². The number of amides is 1. The maximum Gasteiger partial charge on any atom is 0.274 e. The van der Waals surface area contributed by atoms with Crippen molar-refractivity contribution >= 4 is 39.9 Å². The Morgan fingerprint density at radius 1 is 1.19 bits per heavy atom. The zero-order valence-electron chi connectivity index (χ0n) is 13.5. The minimum absolute atomic E-state index is 0.0298. The van der Waals surface area contributed by atoms with Crippen LogP contribution in [0.2, 0.25) is 0 Å². The van der Waals surface area contributed by atoms with E-state index in [4.69, 9.17) is 0 Å². The summed E-state index contributed by atoms with van der Waals surface area (Å²) in [6.45, 7) is 0. The zero-order chi connectivity index (χ0) is 18.5. The summed E-state index contributed by atoms with van der Waals surface area (Å²) in [6, 6.07) is 13.3. The average molecular weight is 370 g/mol. The van der Waals surface area contributed by atoms with Gasteiger partial charge in [-0.25, -0.2) is 0 Å².